The molecule has 2 saturated carbocycles. The molecule has 1 aromatic heterocycles. The molecule has 2 unspecified atom stereocenters. The molecule has 0 spiro atoms. The molecule has 19 heavy (non-hydrogen) atoms. The number of amides is 1. The van der Waals surface area contributed by atoms with Gasteiger partial charge in [0.05, 0.1) is 18.8 Å². The Morgan fingerprint density at radius 1 is 1.32 bits per heavy atom. The van der Waals surface area contributed by atoms with Crippen molar-refractivity contribution in [2.75, 3.05) is 13.2 Å². The highest BCUT2D eigenvalue weighted by Gasteiger charge is 2.40. The van der Waals surface area contributed by atoms with Crippen LogP contribution in [0.25, 0.3) is 0 Å². The molecular weight excluding hydrogens is 244 g/mol. The lowest BCUT2D eigenvalue weighted by molar-refractivity contribution is -0.0449. The highest BCUT2D eigenvalue weighted by molar-refractivity contribution is 5.90. The van der Waals surface area contributed by atoms with Crippen LogP contribution in [0.1, 0.15) is 54.5 Å². The van der Waals surface area contributed by atoms with E-state index < -0.39 is 0 Å². The molecule has 1 saturated heterocycles. The number of H-pyrrole nitrogens is 1. The Morgan fingerprint density at radius 2 is 2.21 bits per heavy atom. The average Bonchev–Trinajstić information content (AvgIpc) is 2.99. The fourth-order valence-electron chi connectivity index (χ4n) is 3.22. The van der Waals surface area contributed by atoms with Gasteiger partial charge in [0, 0.05) is 12.5 Å². The molecule has 6 nitrogen and oxygen atoms in total. The van der Waals surface area contributed by atoms with E-state index in [9.17, 15) is 4.79 Å². The zero-order valence-electron chi connectivity index (χ0n) is 10.8. The van der Waals surface area contributed by atoms with Gasteiger partial charge < -0.3 is 9.64 Å². The maximum atomic E-state index is 12.5. The minimum atomic E-state index is -0.0386. The van der Waals surface area contributed by atoms with Crippen LogP contribution in [0.2, 0.25) is 0 Å². The summed E-state index contributed by atoms with van der Waals surface area (Å²) in [5.74, 6) is 1.66. The Bertz CT molecular complexity index is 497. The molecule has 2 heterocycles. The summed E-state index contributed by atoms with van der Waals surface area (Å²) < 4.78 is 5.73. The molecule has 1 N–H and O–H groups in total. The van der Waals surface area contributed by atoms with Crippen LogP contribution in [0.5, 0.6) is 0 Å². The van der Waals surface area contributed by atoms with Gasteiger partial charge in [-0.3, -0.25) is 9.89 Å². The van der Waals surface area contributed by atoms with Crippen molar-refractivity contribution in [1.82, 2.24) is 20.1 Å². The number of aromatic amines is 1. The molecule has 102 valence electrons. The van der Waals surface area contributed by atoms with Crippen molar-refractivity contribution in [2.24, 2.45) is 0 Å². The van der Waals surface area contributed by atoms with Crippen LogP contribution in [0.3, 0.4) is 0 Å². The second-order valence-corrected chi connectivity index (χ2v) is 5.72. The van der Waals surface area contributed by atoms with Gasteiger partial charge >= 0.3 is 0 Å². The fourth-order valence-corrected chi connectivity index (χ4v) is 3.22. The van der Waals surface area contributed by atoms with Gasteiger partial charge in [-0.05, 0) is 32.1 Å². The summed E-state index contributed by atoms with van der Waals surface area (Å²) in [5.41, 5.74) is 0. The van der Waals surface area contributed by atoms with Crippen LogP contribution in [-0.2, 0) is 4.74 Å². The average molecular weight is 262 g/mol. The molecule has 2 atom stereocenters. The number of fused-ring (bicyclic) bond motifs is 1. The van der Waals surface area contributed by atoms with E-state index >= 15 is 0 Å². The van der Waals surface area contributed by atoms with Crippen LogP contribution >= 0.6 is 0 Å². The third-order valence-electron chi connectivity index (χ3n) is 4.40. The second kappa shape index (κ2) is 4.30. The molecule has 4 rings (SSSR count). The van der Waals surface area contributed by atoms with Gasteiger partial charge in [0.15, 0.2) is 0 Å². The van der Waals surface area contributed by atoms with E-state index in [0.717, 1.165) is 37.9 Å². The minimum Gasteiger partial charge on any atom is -0.374 e. The minimum absolute atomic E-state index is 0.0386. The molecule has 2 aliphatic carbocycles. The van der Waals surface area contributed by atoms with Crippen molar-refractivity contribution in [3.8, 4) is 0 Å². The molecular formula is C13H18N4O2. The fraction of sp³-hybridized carbons (Fsp3) is 0.769. The van der Waals surface area contributed by atoms with Crippen molar-refractivity contribution in [1.29, 1.82) is 0 Å². The Balaban J connectivity index is 1.54. The molecule has 1 aromatic rings. The summed E-state index contributed by atoms with van der Waals surface area (Å²) in [6, 6.07) is 0.226. The summed E-state index contributed by atoms with van der Waals surface area (Å²) in [6.07, 6.45) is 5.78. The lowest BCUT2D eigenvalue weighted by Gasteiger charge is -2.36. The highest BCUT2D eigenvalue weighted by atomic mass is 16.5. The molecule has 3 aliphatic rings. The van der Waals surface area contributed by atoms with Gasteiger partial charge in [0.2, 0.25) is 5.82 Å². The van der Waals surface area contributed by atoms with Crippen molar-refractivity contribution in [3.05, 3.63) is 11.6 Å². The van der Waals surface area contributed by atoms with Gasteiger partial charge in [-0.1, -0.05) is 0 Å². The van der Waals surface area contributed by atoms with E-state index in [1.165, 1.54) is 0 Å². The molecule has 0 bridgehead atoms. The van der Waals surface area contributed by atoms with Gasteiger partial charge in [0.25, 0.3) is 5.91 Å². The number of nitrogens with zero attached hydrogens (tertiary/aromatic N) is 3. The summed E-state index contributed by atoms with van der Waals surface area (Å²) >= 11 is 0. The maximum absolute atomic E-state index is 12.5. The molecule has 0 radical (unpaired) electrons. The van der Waals surface area contributed by atoms with E-state index in [0.29, 0.717) is 24.9 Å². The number of hydrogen-bond acceptors (Lipinski definition) is 4. The van der Waals surface area contributed by atoms with Crippen molar-refractivity contribution >= 4 is 5.91 Å². The molecule has 1 aliphatic heterocycles. The molecule has 3 fully saturated rings. The van der Waals surface area contributed by atoms with E-state index in [1.807, 2.05) is 4.90 Å². The van der Waals surface area contributed by atoms with Gasteiger partial charge in [-0.25, -0.2) is 4.98 Å². The van der Waals surface area contributed by atoms with E-state index in [-0.39, 0.29) is 18.1 Å². The summed E-state index contributed by atoms with van der Waals surface area (Å²) in [5, 5.41) is 7.01. The van der Waals surface area contributed by atoms with E-state index in [1.54, 1.807) is 0 Å². The first kappa shape index (κ1) is 11.4. The molecule has 6 heteroatoms. The number of hydrogen-bond donors (Lipinski definition) is 1. The smallest absolute Gasteiger partial charge is 0.293 e. The number of morpholine rings is 1. The third kappa shape index (κ3) is 1.94. The quantitative estimate of drug-likeness (QED) is 0.865. The maximum Gasteiger partial charge on any atom is 0.293 e. The first-order chi connectivity index (χ1) is 9.33. The lowest BCUT2D eigenvalue weighted by atomic mass is 10.1. The standard InChI is InChI=1S/C13H18N4O2/c18-13(12-14-11(15-16-12)8-4-5-8)17-6-7-19-10-3-1-2-9(10)17/h8-10H,1-7H2,(H,14,15,16). The Kier molecular flexibility index (Phi) is 2.58. The first-order valence-corrected chi connectivity index (χ1v) is 7.18. The van der Waals surface area contributed by atoms with Gasteiger partial charge in [-0.15, -0.1) is 5.10 Å². The number of aromatic nitrogens is 3. The van der Waals surface area contributed by atoms with Crippen LogP contribution in [0, 0.1) is 0 Å². The Labute approximate surface area is 111 Å². The van der Waals surface area contributed by atoms with E-state index in [2.05, 4.69) is 15.2 Å². The van der Waals surface area contributed by atoms with Gasteiger partial charge in [0.1, 0.15) is 5.82 Å². The zero-order valence-corrected chi connectivity index (χ0v) is 10.8. The van der Waals surface area contributed by atoms with Crippen LogP contribution in [-0.4, -0.2) is 51.3 Å². The first-order valence-electron chi connectivity index (χ1n) is 7.18. The monoisotopic (exact) mass is 262 g/mol. The van der Waals surface area contributed by atoms with Crippen LogP contribution in [0.15, 0.2) is 0 Å². The number of rotatable bonds is 2. The van der Waals surface area contributed by atoms with E-state index in [4.69, 9.17) is 4.74 Å². The summed E-state index contributed by atoms with van der Waals surface area (Å²) in [7, 11) is 0. The number of carbonyl (C=O) groups excluding carboxylic acids is 1. The lowest BCUT2D eigenvalue weighted by Crippen LogP contribution is -2.51. The third-order valence-corrected chi connectivity index (χ3v) is 4.40. The Hall–Kier alpha value is -1.43. The van der Waals surface area contributed by atoms with Crippen molar-refractivity contribution in [2.45, 2.75) is 50.2 Å². The number of ether oxygens (including phenoxy) is 1. The number of carbonyl (C=O) groups is 1. The van der Waals surface area contributed by atoms with Crippen LogP contribution < -0.4 is 0 Å². The second-order valence-electron chi connectivity index (χ2n) is 5.72. The zero-order chi connectivity index (χ0) is 12.8. The Morgan fingerprint density at radius 3 is 3.05 bits per heavy atom. The van der Waals surface area contributed by atoms with Crippen LogP contribution in [0.4, 0.5) is 0 Å². The normalized spacial score (nSPS) is 30.4. The predicted molar refractivity (Wildman–Crippen MR) is 66.8 cm³/mol. The van der Waals surface area contributed by atoms with Crippen molar-refractivity contribution in [3.63, 3.8) is 0 Å². The largest absolute Gasteiger partial charge is 0.374 e. The van der Waals surface area contributed by atoms with Gasteiger partial charge in [-0.2, -0.15) is 0 Å². The SMILES string of the molecule is O=C(c1n[nH]c(C2CC2)n1)N1CCOC2CCCC21. The summed E-state index contributed by atoms with van der Waals surface area (Å²) in [4.78, 5) is 18.8. The molecule has 0 aromatic carbocycles. The topological polar surface area (TPSA) is 71.1 Å². The highest BCUT2D eigenvalue weighted by Crippen LogP contribution is 2.38. The van der Waals surface area contributed by atoms with Crippen molar-refractivity contribution < 1.29 is 9.53 Å². The number of nitrogens with one attached hydrogen (secondary N) is 1. The summed E-state index contributed by atoms with van der Waals surface area (Å²) in [6.45, 7) is 1.29. The molecule has 1 amide bonds. The predicted octanol–water partition coefficient (Wildman–Crippen LogP) is 1.08.